The van der Waals surface area contributed by atoms with Crippen LogP contribution in [0.2, 0.25) is 0 Å². The normalized spacial score (nSPS) is 9.85. The number of hydrogen-bond donors (Lipinski definition) is 6. The Morgan fingerprint density at radius 1 is 0.769 bits per heavy atom. The molecule has 0 radical (unpaired) electrons. The summed E-state index contributed by atoms with van der Waals surface area (Å²) in [5.74, 6) is 0. The summed E-state index contributed by atoms with van der Waals surface area (Å²) in [6.45, 7) is 0. The van der Waals surface area contributed by atoms with Crippen LogP contribution in [0.5, 0.6) is 0 Å². The molecule has 0 saturated carbocycles. The van der Waals surface area contributed by atoms with Crippen molar-refractivity contribution in [3.8, 4) is 0 Å². The molecule has 0 rings (SSSR count). The first kappa shape index (κ1) is 19.1. The van der Waals surface area contributed by atoms with Crippen molar-refractivity contribution in [3.63, 3.8) is 0 Å². The first-order chi connectivity index (χ1) is 5.46. The van der Waals surface area contributed by atoms with E-state index < -0.39 is 42.4 Å². The maximum atomic E-state index is 8.82. The monoisotopic (exact) mass is 406 g/mol. The molecule has 0 unspecified atom stereocenters. The third-order valence-corrected chi connectivity index (χ3v) is 0. The third kappa shape index (κ3) is 5150. The minimum atomic E-state index is -5.25. The summed E-state index contributed by atoms with van der Waals surface area (Å²) in [6, 6.07) is 0. The Bertz CT molecular complexity index is 205. The van der Waals surface area contributed by atoms with E-state index in [9.17, 15) is 0 Å². The topological polar surface area (TPSA) is 190 Å². The van der Waals surface area contributed by atoms with Gasteiger partial charge in [-0.2, -0.15) is 0 Å². The van der Waals surface area contributed by atoms with Crippen LogP contribution in [-0.4, -0.2) is 67.5 Å². The van der Waals surface area contributed by atoms with Crippen LogP contribution in [0.4, 0.5) is 0 Å². The van der Waals surface area contributed by atoms with Crippen molar-refractivity contribution < 1.29 is 40.5 Å². The van der Waals surface area contributed by atoms with E-state index in [2.05, 4.69) is 0 Å². The SMILES string of the molecule is O=[Se](=O)(O)O.O=[Se](O)O.O=[Se](O)O. The van der Waals surface area contributed by atoms with Gasteiger partial charge < -0.3 is 0 Å². The van der Waals surface area contributed by atoms with E-state index in [0.29, 0.717) is 0 Å². The van der Waals surface area contributed by atoms with Crippen LogP contribution in [0.15, 0.2) is 0 Å². The van der Waals surface area contributed by atoms with Crippen LogP contribution < -0.4 is 0 Å². The molecule has 13 heteroatoms. The van der Waals surface area contributed by atoms with Gasteiger partial charge in [-0.3, -0.25) is 0 Å². The summed E-state index contributed by atoms with van der Waals surface area (Å²) < 4.78 is 78.1. The zero-order valence-electron chi connectivity index (χ0n) is 5.54. The van der Waals surface area contributed by atoms with Gasteiger partial charge in [-0.25, -0.2) is 0 Å². The van der Waals surface area contributed by atoms with Gasteiger partial charge in [-0.1, -0.05) is 0 Å². The van der Waals surface area contributed by atoms with Crippen molar-refractivity contribution in [1.29, 1.82) is 0 Å². The number of hydrogen-bond acceptors (Lipinski definition) is 4. The first-order valence-electron chi connectivity index (χ1n) is 1.76. The Morgan fingerprint density at radius 2 is 0.769 bits per heavy atom. The molecule has 0 aromatic heterocycles. The molecular formula is H6O10Se3. The Hall–Kier alpha value is 0.518. The van der Waals surface area contributed by atoms with E-state index in [-0.39, 0.29) is 0 Å². The predicted molar refractivity (Wildman–Crippen MR) is 33.3 cm³/mol. The average Bonchev–Trinajstić information content (AvgIpc) is 1.50. The molecule has 0 aromatic carbocycles. The van der Waals surface area contributed by atoms with Gasteiger partial charge in [0.05, 0.1) is 0 Å². The molecule has 0 saturated heterocycles. The molecule has 0 aliphatic rings. The summed E-state index contributed by atoms with van der Waals surface area (Å²) in [4.78, 5) is 0. The summed E-state index contributed by atoms with van der Waals surface area (Å²) >= 11 is -11.8. The second-order valence-corrected chi connectivity index (χ2v) is 4.72. The van der Waals surface area contributed by atoms with Crippen molar-refractivity contribution in [2.75, 3.05) is 0 Å². The summed E-state index contributed by atoms with van der Waals surface area (Å²) in [7, 11) is 0. The summed E-state index contributed by atoms with van der Waals surface area (Å²) in [5, 5.41) is 0. The van der Waals surface area contributed by atoms with Crippen molar-refractivity contribution in [2.24, 2.45) is 0 Å². The molecule has 0 fully saturated rings. The van der Waals surface area contributed by atoms with E-state index in [1.54, 1.807) is 0 Å². The predicted octanol–water partition coefficient (Wildman–Crippen LogP) is -4.96. The molecule has 0 bridgehead atoms. The summed E-state index contributed by atoms with van der Waals surface area (Å²) in [6.07, 6.45) is 0. The van der Waals surface area contributed by atoms with Crippen molar-refractivity contribution >= 4 is 42.4 Å². The van der Waals surface area contributed by atoms with E-state index in [0.717, 1.165) is 0 Å². The first-order valence-corrected chi connectivity index (χ1v) is 9.16. The van der Waals surface area contributed by atoms with Gasteiger partial charge in [0, 0.05) is 0 Å². The molecule has 0 aromatic rings. The third-order valence-electron chi connectivity index (χ3n) is 0. The van der Waals surface area contributed by atoms with Gasteiger partial charge in [0.2, 0.25) is 0 Å². The molecule has 0 aliphatic carbocycles. The zero-order valence-corrected chi connectivity index (χ0v) is 10.7. The number of rotatable bonds is 0. The molecule has 13 heavy (non-hydrogen) atoms. The molecule has 0 amide bonds. The van der Waals surface area contributed by atoms with Crippen LogP contribution in [0.3, 0.4) is 0 Å². The molecule has 0 heterocycles. The Balaban J connectivity index is -0.000000117. The fourth-order valence-electron chi connectivity index (χ4n) is 0. The van der Waals surface area contributed by atoms with E-state index in [4.69, 9.17) is 40.5 Å². The Kier molecular flexibility index (Phi) is 15.6. The van der Waals surface area contributed by atoms with E-state index in [1.807, 2.05) is 0 Å². The standard InChI is InChI=1S/H2O4Se.2H2O3Se/c1-5(2,3)4;2*1-4(2)3/h(H2,1,2,3,4);2*(H2,1,2,3). The molecule has 0 aliphatic heterocycles. The maximum absolute atomic E-state index is 8.82. The Morgan fingerprint density at radius 3 is 0.769 bits per heavy atom. The summed E-state index contributed by atoms with van der Waals surface area (Å²) in [5.41, 5.74) is 0. The second kappa shape index (κ2) is 10.6. The van der Waals surface area contributed by atoms with Crippen LogP contribution in [-0.2, 0) is 15.3 Å². The molecule has 0 atom stereocenters. The van der Waals surface area contributed by atoms with Gasteiger partial charge in [0.1, 0.15) is 0 Å². The van der Waals surface area contributed by atoms with Crippen LogP contribution >= 0.6 is 0 Å². The fourth-order valence-corrected chi connectivity index (χ4v) is 0. The molecule has 84 valence electrons. The minimum absolute atomic E-state index is 3.29. The van der Waals surface area contributed by atoms with Crippen molar-refractivity contribution in [1.82, 2.24) is 0 Å². The fraction of sp³-hybridized carbons (Fsp3) is 0. The molecule has 10 nitrogen and oxygen atoms in total. The van der Waals surface area contributed by atoms with Gasteiger partial charge in [0.25, 0.3) is 0 Å². The second-order valence-electron chi connectivity index (χ2n) is 0.909. The van der Waals surface area contributed by atoms with Gasteiger partial charge >= 0.3 is 82.8 Å². The van der Waals surface area contributed by atoms with Crippen molar-refractivity contribution in [3.05, 3.63) is 0 Å². The van der Waals surface area contributed by atoms with Crippen LogP contribution in [0.1, 0.15) is 0 Å². The van der Waals surface area contributed by atoms with E-state index in [1.165, 1.54) is 0 Å². The zero-order chi connectivity index (χ0) is 11.7. The average molecular weight is 403 g/mol. The van der Waals surface area contributed by atoms with Crippen LogP contribution in [0.25, 0.3) is 0 Å². The van der Waals surface area contributed by atoms with Gasteiger partial charge in [-0.15, -0.1) is 0 Å². The molecule has 6 N–H and O–H groups in total. The van der Waals surface area contributed by atoms with Crippen molar-refractivity contribution in [2.45, 2.75) is 0 Å². The van der Waals surface area contributed by atoms with Gasteiger partial charge in [-0.05, 0) is 0 Å². The van der Waals surface area contributed by atoms with E-state index >= 15 is 0 Å². The Labute approximate surface area is 82.8 Å². The quantitative estimate of drug-likeness (QED) is 0.214. The molecular weight excluding hydrogens is 397 g/mol. The van der Waals surface area contributed by atoms with Gasteiger partial charge in [0.15, 0.2) is 0 Å². The van der Waals surface area contributed by atoms with Crippen LogP contribution in [0, 0.1) is 0 Å². The molecule has 0 spiro atoms.